The van der Waals surface area contributed by atoms with Crippen LogP contribution in [0.4, 0.5) is 4.79 Å². The third-order valence-electron chi connectivity index (χ3n) is 10.4. The van der Waals surface area contributed by atoms with Crippen molar-refractivity contribution in [2.24, 2.45) is 40.9 Å². The van der Waals surface area contributed by atoms with Crippen molar-refractivity contribution in [3.63, 3.8) is 0 Å². The largest absolute Gasteiger partial charge is 0.460 e. The summed E-state index contributed by atoms with van der Waals surface area (Å²) in [6.07, 6.45) is 5.22. The van der Waals surface area contributed by atoms with Crippen LogP contribution in [0.1, 0.15) is 80.1 Å². The molecule has 2 saturated carbocycles. The van der Waals surface area contributed by atoms with Gasteiger partial charge in [0, 0.05) is 18.5 Å². The van der Waals surface area contributed by atoms with Crippen LogP contribution >= 0.6 is 0 Å². The minimum absolute atomic E-state index is 0.0332. The Labute approximate surface area is 222 Å². The third-order valence-corrected chi connectivity index (χ3v) is 10.4. The predicted octanol–water partition coefficient (Wildman–Crippen LogP) is 4.34. The van der Waals surface area contributed by atoms with E-state index in [9.17, 15) is 19.8 Å². The van der Waals surface area contributed by atoms with E-state index >= 15 is 0 Å². The molecule has 0 aromatic heterocycles. The molecule has 10 unspecified atom stereocenters. The van der Waals surface area contributed by atoms with Crippen molar-refractivity contribution in [1.29, 1.82) is 0 Å². The quantitative estimate of drug-likeness (QED) is 0.247. The summed E-state index contributed by atoms with van der Waals surface area (Å²) < 4.78 is 5.40. The number of ether oxygens (including phenoxy) is 1. The van der Waals surface area contributed by atoms with Crippen molar-refractivity contribution in [2.75, 3.05) is 6.54 Å². The Bertz CT molecular complexity index is 946. The third kappa shape index (κ3) is 4.75. The van der Waals surface area contributed by atoms with Gasteiger partial charge in [0.25, 0.3) is 0 Å². The van der Waals surface area contributed by atoms with Gasteiger partial charge in [-0.3, -0.25) is 0 Å². The molecule has 1 saturated heterocycles. The molecule has 7 nitrogen and oxygen atoms in total. The summed E-state index contributed by atoms with van der Waals surface area (Å²) in [5, 5.41) is 29.3. The molecule has 0 bridgehead atoms. The van der Waals surface area contributed by atoms with Gasteiger partial charge in [-0.2, -0.15) is 0 Å². The number of unbranched alkanes of at least 4 members (excludes halogenated alkanes) is 1. The van der Waals surface area contributed by atoms with Gasteiger partial charge in [-0.25, -0.2) is 9.59 Å². The van der Waals surface area contributed by atoms with E-state index in [-0.39, 0.29) is 35.2 Å². The molecule has 1 heterocycles. The molecular weight excluding hydrogens is 468 g/mol. The first-order chi connectivity index (χ1) is 17.3. The standard InChI is InChI=1S/C30H48N2O5/c1-8-9-12-31-28(35)32-24-15-29(7)14-21-17(4)10-11-22-19(6)37-27(34)26(33)30(22,36)18(5)20(21)13-23(29)25(24)16(2)3/h10,16,19-26,33,36H,5,8-9,11-15H2,1-4,6-7H3,(H2,31,32,35)/b17-10-. The maximum Gasteiger partial charge on any atom is 0.338 e. The molecule has 37 heavy (non-hydrogen) atoms. The Hall–Kier alpha value is -1.86. The molecule has 0 aromatic carbocycles. The van der Waals surface area contributed by atoms with Crippen LogP contribution in [-0.4, -0.2) is 52.6 Å². The highest BCUT2D eigenvalue weighted by atomic mass is 16.6. The van der Waals surface area contributed by atoms with E-state index in [1.807, 2.05) is 0 Å². The molecule has 208 valence electrons. The molecule has 3 fully saturated rings. The summed E-state index contributed by atoms with van der Waals surface area (Å²) in [5.74, 6) is -0.124. The number of hydrogen-bond acceptors (Lipinski definition) is 5. The second kappa shape index (κ2) is 10.4. The number of urea groups is 1. The minimum atomic E-state index is -1.72. The average molecular weight is 517 g/mol. The van der Waals surface area contributed by atoms with Crippen LogP contribution < -0.4 is 10.6 Å². The van der Waals surface area contributed by atoms with Gasteiger partial charge in [0.05, 0.1) is 0 Å². The zero-order valence-electron chi connectivity index (χ0n) is 23.5. The fourth-order valence-corrected chi connectivity index (χ4v) is 8.45. The van der Waals surface area contributed by atoms with E-state index in [4.69, 9.17) is 4.74 Å². The van der Waals surface area contributed by atoms with Gasteiger partial charge in [0.2, 0.25) is 0 Å². The Morgan fingerprint density at radius 1 is 1.27 bits per heavy atom. The number of aliphatic hydroxyl groups excluding tert-OH is 1. The van der Waals surface area contributed by atoms with Crippen LogP contribution in [-0.2, 0) is 9.53 Å². The van der Waals surface area contributed by atoms with E-state index in [2.05, 4.69) is 57.9 Å². The second-order valence-corrected chi connectivity index (χ2v) is 13.0. The molecule has 10 atom stereocenters. The molecule has 3 aliphatic carbocycles. The first-order valence-corrected chi connectivity index (χ1v) is 14.4. The molecular formula is C30H48N2O5. The van der Waals surface area contributed by atoms with Crippen LogP contribution in [0.25, 0.3) is 0 Å². The minimum Gasteiger partial charge on any atom is -0.460 e. The first-order valence-electron chi connectivity index (χ1n) is 14.4. The maximum atomic E-state index is 12.7. The summed E-state index contributed by atoms with van der Waals surface area (Å²) in [6, 6.07) is -0.0161. The van der Waals surface area contributed by atoms with E-state index in [0.717, 1.165) is 32.1 Å². The fourth-order valence-electron chi connectivity index (χ4n) is 8.45. The van der Waals surface area contributed by atoms with Gasteiger partial charge in [-0.15, -0.1) is 0 Å². The lowest BCUT2D eigenvalue weighted by Gasteiger charge is -2.54. The van der Waals surface area contributed by atoms with Gasteiger partial charge in [-0.05, 0) is 86.5 Å². The van der Waals surface area contributed by atoms with Crippen LogP contribution in [0, 0.1) is 40.9 Å². The number of allylic oxidation sites excluding steroid dienone is 2. The molecule has 4 aliphatic rings. The van der Waals surface area contributed by atoms with E-state index in [1.165, 1.54) is 5.57 Å². The first kappa shape index (κ1) is 28.2. The Morgan fingerprint density at radius 3 is 2.62 bits per heavy atom. The highest BCUT2D eigenvalue weighted by Crippen LogP contribution is 2.63. The summed E-state index contributed by atoms with van der Waals surface area (Å²) in [7, 11) is 0. The number of amides is 2. The van der Waals surface area contributed by atoms with Crippen molar-refractivity contribution >= 4 is 12.0 Å². The lowest BCUT2D eigenvalue weighted by Crippen LogP contribution is -2.63. The van der Waals surface area contributed by atoms with Crippen molar-refractivity contribution < 1.29 is 24.5 Å². The summed E-state index contributed by atoms with van der Waals surface area (Å²) >= 11 is 0. The van der Waals surface area contributed by atoms with Crippen LogP contribution in [0.5, 0.6) is 0 Å². The Kier molecular flexibility index (Phi) is 7.89. The number of rotatable bonds is 5. The van der Waals surface area contributed by atoms with Gasteiger partial charge in [0.1, 0.15) is 11.7 Å². The summed E-state index contributed by atoms with van der Waals surface area (Å²) in [6.45, 7) is 18.0. The zero-order valence-corrected chi connectivity index (χ0v) is 23.5. The molecule has 4 N–H and O–H groups in total. The Morgan fingerprint density at radius 2 is 1.97 bits per heavy atom. The molecule has 0 spiro atoms. The van der Waals surface area contributed by atoms with E-state index in [1.54, 1.807) is 6.92 Å². The zero-order chi connectivity index (χ0) is 27.3. The molecule has 1 aliphatic heterocycles. The average Bonchev–Trinajstić information content (AvgIpc) is 3.11. The highest BCUT2D eigenvalue weighted by molar-refractivity contribution is 5.78. The molecule has 4 rings (SSSR count). The summed E-state index contributed by atoms with van der Waals surface area (Å²) in [5.41, 5.74) is 0.169. The lowest BCUT2D eigenvalue weighted by atomic mass is 9.53. The van der Waals surface area contributed by atoms with Crippen molar-refractivity contribution in [2.45, 2.75) is 104 Å². The topological polar surface area (TPSA) is 108 Å². The molecule has 0 radical (unpaired) electrons. The number of carbonyl (C=O) groups is 2. The number of carbonyl (C=O) groups excluding carboxylic acids is 2. The van der Waals surface area contributed by atoms with Crippen molar-refractivity contribution in [3.05, 3.63) is 23.8 Å². The predicted molar refractivity (Wildman–Crippen MR) is 144 cm³/mol. The highest BCUT2D eigenvalue weighted by Gasteiger charge is 2.62. The number of hydrogen-bond donors (Lipinski definition) is 4. The van der Waals surface area contributed by atoms with Gasteiger partial charge in [0.15, 0.2) is 6.10 Å². The fraction of sp³-hybridized carbons (Fsp3) is 0.800. The van der Waals surface area contributed by atoms with E-state index < -0.39 is 29.7 Å². The van der Waals surface area contributed by atoms with Gasteiger partial charge < -0.3 is 25.6 Å². The number of aliphatic hydroxyl groups is 2. The SMILES string of the molecule is C=C1C2CC3C(C(C)C)C(NC(=O)NCCCC)CC3(C)CC2/C(C)=C\CC2C(C)OC(=O)C(O)C12O. The van der Waals surface area contributed by atoms with Crippen molar-refractivity contribution in [1.82, 2.24) is 10.6 Å². The normalized spacial score (nSPS) is 44.9. The Balaban J connectivity index is 1.66. The number of nitrogens with one attached hydrogen (secondary N) is 2. The second-order valence-electron chi connectivity index (χ2n) is 13.0. The molecule has 2 amide bonds. The van der Waals surface area contributed by atoms with Crippen molar-refractivity contribution in [3.8, 4) is 0 Å². The number of esters is 1. The lowest BCUT2D eigenvalue weighted by molar-refractivity contribution is -0.209. The van der Waals surface area contributed by atoms with Crippen LogP contribution in [0.15, 0.2) is 23.8 Å². The van der Waals surface area contributed by atoms with E-state index in [0.29, 0.717) is 30.4 Å². The summed E-state index contributed by atoms with van der Waals surface area (Å²) in [4.78, 5) is 25.3. The van der Waals surface area contributed by atoms with Gasteiger partial charge >= 0.3 is 12.0 Å². The number of fused-ring (bicyclic) bond motifs is 3. The monoisotopic (exact) mass is 516 g/mol. The molecule has 7 heteroatoms. The smallest absolute Gasteiger partial charge is 0.338 e. The number of cyclic esters (lactones) is 1. The van der Waals surface area contributed by atoms with Crippen LogP contribution in [0.3, 0.4) is 0 Å². The van der Waals surface area contributed by atoms with Gasteiger partial charge in [-0.1, -0.05) is 52.3 Å². The van der Waals surface area contributed by atoms with Crippen LogP contribution in [0.2, 0.25) is 0 Å². The molecule has 0 aromatic rings. The maximum absolute atomic E-state index is 12.7.